The Kier molecular flexibility index (Phi) is 3.98. The van der Waals surface area contributed by atoms with E-state index < -0.39 is 0 Å². The minimum absolute atomic E-state index is 0.0376. The number of hydrogen-bond acceptors (Lipinski definition) is 6. The van der Waals surface area contributed by atoms with Gasteiger partial charge >= 0.3 is 0 Å². The van der Waals surface area contributed by atoms with E-state index in [1.165, 1.54) is 0 Å². The second-order valence-corrected chi connectivity index (χ2v) is 10.1. The van der Waals surface area contributed by atoms with Crippen molar-refractivity contribution in [3.8, 4) is 11.8 Å². The van der Waals surface area contributed by atoms with Crippen LogP contribution in [0.1, 0.15) is 48.6 Å². The predicted octanol–water partition coefficient (Wildman–Crippen LogP) is 2.93. The van der Waals surface area contributed by atoms with Gasteiger partial charge in [0.2, 0.25) is 0 Å². The minimum atomic E-state index is -0.283. The molecule has 4 aliphatic heterocycles. The van der Waals surface area contributed by atoms with Crippen LogP contribution >= 0.6 is 0 Å². The number of rotatable bonds is 0. The molecule has 5 atom stereocenters. The van der Waals surface area contributed by atoms with Crippen molar-refractivity contribution >= 4 is 11.5 Å². The van der Waals surface area contributed by atoms with Crippen molar-refractivity contribution < 1.29 is 9.90 Å². The van der Waals surface area contributed by atoms with Crippen LogP contribution in [0.5, 0.6) is 5.75 Å². The van der Waals surface area contributed by atoms with Crippen molar-refractivity contribution in [3.63, 3.8) is 0 Å². The molecule has 1 aliphatic carbocycles. The summed E-state index contributed by atoms with van der Waals surface area (Å²) in [5.41, 5.74) is 8.77. The van der Waals surface area contributed by atoms with Gasteiger partial charge in [-0.3, -0.25) is 19.6 Å². The number of aryl methyl sites for hydroxylation is 1. The highest BCUT2D eigenvalue weighted by molar-refractivity contribution is 6.28. The molecule has 0 saturated carbocycles. The van der Waals surface area contributed by atoms with Crippen molar-refractivity contribution in [3.05, 3.63) is 50.6 Å². The fraction of sp³-hybridized carbons (Fsp3) is 0.500. The molecule has 0 radical (unpaired) electrons. The summed E-state index contributed by atoms with van der Waals surface area (Å²) in [5.74, 6) is 0.498. The van der Waals surface area contributed by atoms with Crippen LogP contribution in [-0.4, -0.2) is 64.2 Å². The van der Waals surface area contributed by atoms with E-state index in [-0.39, 0.29) is 36.0 Å². The van der Waals surface area contributed by atoms with Crippen molar-refractivity contribution in [1.82, 2.24) is 9.80 Å². The van der Waals surface area contributed by atoms with Crippen molar-refractivity contribution in [2.24, 2.45) is 4.99 Å². The Bertz CT molecular complexity index is 1250. The summed E-state index contributed by atoms with van der Waals surface area (Å²) in [7, 11) is 2.08. The maximum absolute atomic E-state index is 13.4. The zero-order valence-corrected chi connectivity index (χ0v) is 19.2. The van der Waals surface area contributed by atoms with Gasteiger partial charge in [-0.15, -0.1) is 0 Å². The molecule has 6 heteroatoms. The Morgan fingerprint density at radius 2 is 1.91 bits per heavy atom. The fourth-order valence-electron chi connectivity index (χ4n) is 6.96. The summed E-state index contributed by atoms with van der Waals surface area (Å²) in [6, 6.07) is 4.41. The molecular formula is C26H28N4O2. The molecule has 32 heavy (non-hydrogen) atoms. The lowest BCUT2D eigenvalue weighted by Crippen LogP contribution is -2.70. The number of aliphatic imine (C=N–C) groups is 1. The predicted molar refractivity (Wildman–Crippen MR) is 122 cm³/mol. The van der Waals surface area contributed by atoms with Crippen LogP contribution in [0.2, 0.25) is 0 Å². The smallest absolute Gasteiger partial charge is 0.185 e. The Morgan fingerprint density at radius 3 is 2.62 bits per heavy atom. The van der Waals surface area contributed by atoms with Crippen LogP contribution in [0.25, 0.3) is 0 Å². The number of phenols is 1. The molecule has 2 unspecified atom stereocenters. The van der Waals surface area contributed by atoms with Gasteiger partial charge in [0, 0.05) is 34.4 Å². The molecule has 1 saturated heterocycles. The summed E-state index contributed by atoms with van der Waals surface area (Å²) < 4.78 is 0. The topological polar surface area (TPSA) is 79.9 Å². The SMILES string of the molecule is CC1=C(C)C2=NCC3C2=C(CC2[C@H]4c5c(cc(C)c(C)c5O)C[C@@H]([C@H](C#N)N32)N4C)C1=O. The average molecular weight is 429 g/mol. The zero-order valence-electron chi connectivity index (χ0n) is 19.2. The van der Waals surface area contributed by atoms with Crippen LogP contribution in [0.3, 0.4) is 0 Å². The zero-order chi connectivity index (χ0) is 22.6. The second-order valence-electron chi connectivity index (χ2n) is 10.1. The Hall–Kier alpha value is -2.75. The highest BCUT2D eigenvalue weighted by Crippen LogP contribution is 2.53. The Balaban J connectivity index is 1.57. The minimum Gasteiger partial charge on any atom is -0.507 e. The van der Waals surface area contributed by atoms with Gasteiger partial charge < -0.3 is 5.11 Å². The first-order valence-electron chi connectivity index (χ1n) is 11.5. The molecule has 6 rings (SSSR count). The molecule has 0 aromatic heterocycles. The first-order chi connectivity index (χ1) is 15.3. The lowest BCUT2D eigenvalue weighted by molar-refractivity contribution is -0.113. The van der Waals surface area contributed by atoms with Gasteiger partial charge in [-0.05, 0) is 69.8 Å². The molecule has 4 heterocycles. The van der Waals surface area contributed by atoms with E-state index in [2.05, 4.69) is 29.0 Å². The Labute approximate surface area is 188 Å². The third-order valence-electron chi connectivity index (χ3n) is 8.83. The summed E-state index contributed by atoms with van der Waals surface area (Å²) in [6.07, 6.45) is 1.32. The molecule has 0 spiro atoms. The molecule has 2 bridgehead atoms. The van der Waals surface area contributed by atoms with Crippen LogP contribution in [-0.2, 0) is 11.2 Å². The van der Waals surface area contributed by atoms with Crippen molar-refractivity contribution in [2.45, 2.75) is 70.7 Å². The van der Waals surface area contributed by atoms with E-state index in [9.17, 15) is 15.2 Å². The standard InChI is InChI=1S/C26H28N4O2/c1-11-6-15-7-17-19(9-27)30-18(24(29(17)5)21(15)26(32)12(11)2)8-16-22-20(30)10-28-23(22)13(3)14(4)25(16)31/h6,17-20,24,32H,7-8,10H2,1-5H3/t17-,18?,19-,20?,24-/m0/s1. The first kappa shape index (κ1) is 19.9. The number of carbonyl (C=O) groups is 1. The van der Waals surface area contributed by atoms with Gasteiger partial charge in [0.15, 0.2) is 5.78 Å². The molecule has 1 aromatic rings. The summed E-state index contributed by atoms with van der Waals surface area (Å²) >= 11 is 0. The maximum Gasteiger partial charge on any atom is 0.185 e. The number of ketones is 1. The van der Waals surface area contributed by atoms with Crippen LogP contribution < -0.4 is 0 Å². The highest BCUT2D eigenvalue weighted by atomic mass is 16.3. The third-order valence-corrected chi connectivity index (χ3v) is 8.83. The van der Waals surface area contributed by atoms with Crippen LogP contribution in [0, 0.1) is 25.2 Å². The molecule has 0 amide bonds. The number of likely N-dealkylation sites (N-methyl/N-ethyl adjacent to an activating group) is 1. The van der Waals surface area contributed by atoms with Gasteiger partial charge in [0.25, 0.3) is 0 Å². The maximum atomic E-state index is 13.4. The third kappa shape index (κ3) is 2.21. The van der Waals surface area contributed by atoms with Gasteiger partial charge in [0.05, 0.1) is 30.4 Å². The lowest BCUT2D eigenvalue weighted by Gasteiger charge is -2.59. The number of nitrogens with zero attached hydrogens (tertiary/aromatic N) is 4. The molecular weight excluding hydrogens is 400 g/mol. The van der Waals surface area contributed by atoms with Crippen LogP contribution in [0.15, 0.2) is 33.4 Å². The number of nitriles is 1. The number of benzene rings is 1. The Morgan fingerprint density at radius 1 is 1.16 bits per heavy atom. The number of aromatic hydroxyl groups is 1. The van der Waals surface area contributed by atoms with E-state index in [1.807, 2.05) is 27.7 Å². The van der Waals surface area contributed by atoms with Crippen LogP contribution in [0.4, 0.5) is 0 Å². The van der Waals surface area contributed by atoms with Crippen molar-refractivity contribution in [2.75, 3.05) is 13.6 Å². The molecule has 5 aliphatic rings. The van der Waals surface area contributed by atoms with Gasteiger partial charge in [-0.25, -0.2) is 0 Å². The average Bonchev–Trinajstić information content (AvgIpc) is 3.21. The number of fused-ring (bicyclic) bond motifs is 7. The summed E-state index contributed by atoms with van der Waals surface area (Å²) in [5, 5.41) is 21.6. The monoisotopic (exact) mass is 428 g/mol. The largest absolute Gasteiger partial charge is 0.507 e. The normalized spacial score (nSPS) is 33.6. The summed E-state index contributed by atoms with van der Waals surface area (Å²) in [6.45, 7) is 8.49. The van der Waals surface area contributed by atoms with Gasteiger partial charge in [-0.2, -0.15) is 5.26 Å². The van der Waals surface area contributed by atoms with Gasteiger partial charge in [-0.1, -0.05) is 6.07 Å². The number of phenolic OH excluding ortho intramolecular Hbond substituents is 1. The molecule has 1 aromatic carbocycles. The number of Topliss-reactive ketones (excluding diaryl/α,β-unsaturated/α-hetero) is 1. The van der Waals surface area contributed by atoms with E-state index in [0.29, 0.717) is 18.7 Å². The number of hydrogen-bond donors (Lipinski definition) is 1. The number of allylic oxidation sites excluding steroid dienone is 2. The molecule has 1 N–H and O–H groups in total. The van der Waals surface area contributed by atoms with E-state index >= 15 is 0 Å². The van der Waals surface area contributed by atoms with E-state index in [4.69, 9.17) is 4.99 Å². The lowest BCUT2D eigenvalue weighted by atomic mass is 9.69. The molecule has 164 valence electrons. The highest BCUT2D eigenvalue weighted by Gasteiger charge is 2.57. The number of piperazine rings is 1. The van der Waals surface area contributed by atoms with E-state index in [1.54, 1.807) is 0 Å². The summed E-state index contributed by atoms with van der Waals surface area (Å²) in [4.78, 5) is 22.9. The van der Waals surface area contributed by atoms with E-state index in [0.717, 1.165) is 56.7 Å². The molecule has 6 nitrogen and oxygen atoms in total. The molecule has 1 fully saturated rings. The second kappa shape index (κ2) is 6.40. The van der Waals surface area contributed by atoms with Gasteiger partial charge in [0.1, 0.15) is 11.8 Å². The quantitative estimate of drug-likeness (QED) is 0.643. The van der Waals surface area contributed by atoms with Crippen molar-refractivity contribution in [1.29, 1.82) is 5.26 Å². The number of carbonyl (C=O) groups excluding carboxylic acids is 1. The first-order valence-corrected chi connectivity index (χ1v) is 11.5. The fourth-order valence-corrected chi connectivity index (χ4v) is 6.96.